The predicted molar refractivity (Wildman–Crippen MR) is 98.4 cm³/mol. The van der Waals surface area contributed by atoms with Gasteiger partial charge in [0.1, 0.15) is 11.5 Å². The number of amides is 1. The Hall–Kier alpha value is -1.53. The molecule has 0 saturated heterocycles. The number of carbonyl (C=O) groups excluding carboxylic acids is 1. The molecule has 0 spiro atoms. The van der Waals surface area contributed by atoms with E-state index in [0.29, 0.717) is 12.3 Å². The molecular weight excluding hydrogens is 374 g/mol. The highest BCUT2D eigenvalue weighted by Gasteiger charge is 2.22. The topological polar surface area (TPSA) is 48.0 Å². The zero-order valence-corrected chi connectivity index (χ0v) is 16.6. The van der Waals surface area contributed by atoms with Crippen LogP contribution in [0.25, 0.3) is 0 Å². The van der Waals surface area contributed by atoms with Crippen LogP contribution in [0.5, 0.6) is 11.5 Å². The van der Waals surface area contributed by atoms with E-state index < -0.39 is 0 Å². The summed E-state index contributed by atoms with van der Waals surface area (Å²) in [6.45, 7) is 2.20. The first kappa shape index (κ1) is 20.5. The Balaban J connectivity index is 0.000000413. The highest BCUT2D eigenvalue weighted by molar-refractivity contribution is 9.10. The summed E-state index contributed by atoms with van der Waals surface area (Å²) in [5, 5.41) is 1.07. The Labute approximate surface area is 152 Å². The van der Waals surface area contributed by atoms with Crippen LogP contribution in [0.4, 0.5) is 0 Å². The van der Waals surface area contributed by atoms with E-state index in [9.17, 15) is 4.79 Å². The molecule has 0 bridgehead atoms. The van der Waals surface area contributed by atoms with E-state index in [1.54, 1.807) is 14.2 Å². The summed E-state index contributed by atoms with van der Waals surface area (Å²) in [5.74, 6) is 2.20. The first-order valence-corrected chi connectivity index (χ1v) is 8.57. The quantitative estimate of drug-likeness (QED) is 0.420. The average Bonchev–Trinajstić information content (AvgIpc) is 2.60. The summed E-state index contributed by atoms with van der Waals surface area (Å²) < 4.78 is 12.0. The van der Waals surface area contributed by atoms with Crippen LogP contribution in [0.3, 0.4) is 0 Å². The Morgan fingerprint density at radius 2 is 1.79 bits per heavy atom. The van der Waals surface area contributed by atoms with Crippen molar-refractivity contribution in [2.45, 2.75) is 32.1 Å². The van der Waals surface area contributed by atoms with E-state index in [1.807, 2.05) is 12.1 Å². The van der Waals surface area contributed by atoms with E-state index in [1.165, 1.54) is 38.1 Å². The largest absolute Gasteiger partial charge is 0.496 e. The number of benzene rings is 1. The molecule has 1 amide bonds. The van der Waals surface area contributed by atoms with Crippen LogP contribution in [0.2, 0.25) is 0 Å². The third-order valence-electron chi connectivity index (χ3n) is 3.89. The minimum absolute atomic E-state index is 0.400. The average molecular weight is 400 g/mol. The zero-order chi connectivity index (χ0) is 18.1. The summed E-state index contributed by atoms with van der Waals surface area (Å²) >= 11 is 3.49. The Bertz CT molecular complexity index is 549. The van der Waals surface area contributed by atoms with Gasteiger partial charge in [-0.3, -0.25) is 9.63 Å². The van der Waals surface area contributed by atoms with Crippen molar-refractivity contribution in [1.82, 2.24) is 5.06 Å². The molecule has 24 heavy (non-hydrogen) atoms. The van der Waals surface area contributed by atoms with Gasteiger partial charge in [-0.2, -0.15) is 0 Å². The number of carbonyl (C=O) groups is 1. The van der Waals surface area contributed by atoms with Gasteiger partial charge in [0.2, 0.25) is 6.41 Å². The Kier molecular flexibility index (Phi) is 8.85. The third kappa shape index (κ3) is 5.83. The van der Waals surface area contributed by atoms with Gasteiger partial charge in [0.25, 0.3) is 0 Å². The molecular formula is C18H26BrNO4. The van der Waals surface area contributed by atoms with Gasteiger partial charge in [-0.1, -0.05) is 27.6 Å². The molecule has 1 aromatic rings. The summed E-state index contributed by atoms with van der Waals surface area (Å²) in [5.41, 5.74) is 2.63. The fourth-order valence-electron chi connectivity index (χ4n) is 2.65. The number of methoxy groups -OCH3 is 2. The minimum Gasteiger partial charge on any atom is -0.496 e. The molecule has 0 fully saturated rings. The van der Waals surface area contributed by atoms with Crippen molar-refractivity contribution in [2.24, 2.45) is 0 Å². The van der Waals surface area contributed by atoms with Gasteiger partial charge in [-0.05, 0) is 38.3 Å². The van der Waals surface area contributed by atoms with Crippen molar-refractivity contribution in [1.29, 1.82) is 0 Å². The predicted octanol–water partition coefficient (Wildman–Crippen LogP) is 4.32. The van der Waals surface area contributed by atoms with E-state index >= 15 is 0 Å². The highest BCUT2D eigenvalue weighted by atomic mass is 79.9. The van der Waals surface area contributed by atoms with E-state index in [-0.39, 0.29) is 0 Å². The number of ether oxygens (including phenoxy) is 2. The monoisotopic (exact) mass is 399 g/mol. The molecule has 134 valence electrons. The number of nitrogens with zero attached hydrogens (tertiary/aromatic N) is 1. The molecule has 0 radical (unpaired) electrons. The molecule has 5 nitrogen and oxygen atoms in total. The fourth-order valence-corrected chi connectivity index (χ4v) is 3.07. The SMILES string of the molecule is CON(C)C=O.COc1cc(Br)cc(OC)c1C1C=C(C)CCC1. The molecule has 0 aromatic heterocycles. The molecule has 1 unspecified atom stereocenters. The first-order chi connectivity index (χ1) is 11.5. The van der Waals surface area contributed by atoms with Gasteiger partial charge in [0.05, 0.1) is 21.3 Å². The molecule has 1 aliphatic rings. The lowest BCUT2D eigenvalue weighted by molar-refractivity contribution is -0.153. The highest BCUT2D eigenvalue weighted by Crippen LogP contribution is 2.43. The second kappa shape index (κ2) is 10.4. The number of halogens is 1. The minimum atomic E-state index is 0.400. The molecule has 6 heteroatoms. The molecule has 1 atom stereocenters. The standard InChI is InChI=1S/C15H19BrO2.C3H7NO2/c1-10-5-4-6-11(7-10)15-13(17-2)8-12(16)9-14(15)18-3;1-4(3-5)6-2/h7-9,11H,4-6H2,1-3H3;3H,1-2H3. The fraction of sp³-hybridized carbons (Fsp3) is 0.500. The third-order valence-corrected chi connectivity index (χ3v) is 4.35. The smallest absolute Gasteiger partial charge is 0.233 e. The Morgan fingerprint density at radius 3 is 2.17 bits per heavy atom. The van der Waals surface area contributed by atoms with Gasteiger partial charge < -0.3 is 9.47 Å². The summed E-state index contributed by atoms with van der Waals surface area (Å²) in [7, 11) is 6.37. The van der Waals surface area contributed by atoms with Gasteiger partial charge >= 0.3 is 0 Å². The van der Waals surface area contributed by atoms with E-state index in [4.69, 9.17) is 9.47 Å². The maximum atomic E-state index is 9.54. The summed E-state index contributed by atoms with van der Waals surface area (Å²) in [6.07, 6.45) is 6.52. The number of allylic oxidation sites excluding steroid dienone is 2. The summed E-state index contributed by atoms with van der Waals surface area (Å²) in [4.78, 5) is 13.9. The second-order valence-electron chi connectivity index (χ2n) is 5.57. The zero-order valence-electron chi connectivity index (χ0n) is 15.0. The first-order valence-electron chi connectivity index (χ1n) is 7.77. The normalized spacial score (nSPS) is 16.4. The van der Waals surface area contributed by atoms with Crippen LogP contribution >= 0.6 is 15.9 Å². The molecule has 0 heterocycles. The van der Waals surface area contributed by atoms with Crippen molar-refractivity contribution in [3.63, 3.8) is 0 Å². The lowest BCUT2D eigenvalue weighted by Crippen LogP contribution is -2.12. The van der Waals surface area contributed by atoms with E-state index in [2.05, 4.69) is 33.8 Å². The van der Waals surface area contributed by atoms with Crippen molar-refractivity contribution in [2.75, 3.05) is 28.4 Å². The Morgan fingerprint density at radius 1 is 1.21 bits per heavy atom. The van der Waals surface area contributed by atoms with Crippen LogP contribution in [0.1, 0.15) is 37.7 Å². The summed E-state index contributed by atoms with van der Waals surface area (Å²) in [6, 6.07) is 4.02. The molecule has 0 aliphatic heterocycles. The maximum absolute atomic E-state index is 9.54. The van der Waals surface area contributed by atoms with Gasteiger partial charge in [-0.15, -0.1) is 0 Å². The molecule has 2 rings (SSSR count). The number of rotatable bonds is 5. The number of hydrogen-bond acceptors (Lipinski definition) is 4. The van der Waals surface area contributed by atoms with E-state index in [0.717, 1.165) is 27.5 Å². The molecule has 1 aromatic carbocycles. The van der Waals surface area contributed by atoms with Crippen LogP contribution in [-0.4, -0.2) is 39.9 Å². The van der Waals surface area contributed by atoms with Crippen LogP contribution < -0.4 is 9.47 Å². The van der Waals surface area contributed by atoms with Crippen molar-refractivity contribution < 1.29 is 19.1 Å². The second-order valence-corrected chi connectivity index (χ2v) is 6.49. The molecule has 0 N–H and O–H groups in total. The lowest BCUT2D eigenvalue weighted by atomic mass is 9.85. The molecule has 1 aliphatic carbocycles. The van der Waals surface area contributed by atoms with Gasteiger partial charge in [-0.25, -0.2) is 5.06 Å². The number of hydrogen-bond donors (Lipinski definition) is 0. The van der Waals surface area contributed by atoms with Crippen LogP contribution in [0, 0.1) is 0 Å². The van der Waals surface area contributed by atoms with Crippen LogP contribution in [0.15, 0.2) is 28.3 Å². The lowest BCUT2D eigenvalue weighted by Gasteiger charge is -2.24. The number of hydroxylamine groups is 2. The van der Waals surface area contributed by atoms with Crippen molar-refractivity contribution in [3.8, 4) is 11.5 Å². The van der Waals surface area contributed by atoms with Crippen molar-refractivity contribution >= 4 is 22.3 Å². The van der Waals surface area contributed by atoms with Crippen LogP contribution in [-0.2, 0) is 9.63 Å². The van der Waals surface area contributed by atoms with Crippen molar-refractivity contribution in [3.05, 3.63) is 33.8 Å². The molecule has 0 saturated carbocycles. The maximum Gasteiger partial charge on any atom is 0.233 e. The van der Waals surface area contributed by atoms with Gasteiger partial charge in [0.15, 0.2) is 0 Å². The van der Waals surface area contributed by atoms with Gasteiger partial charge in [0, 0.05) is 23.0 Å².